The van der Waals surface area contributed by atoms with Crippen LogP contribution in [0.3, 0.4) is 0 Å². The van der Waals surface area contributed by atoms with Gasteiger partial charge in [0.2, 0.25) is 0 Å². The normalized spacial score (nSPS) is 12.6. The van der Waals surface area contributed by atoms with Crippen molar-refractivity contribution in [3.05, 3.63) is 28.2 Å². The Morgan fingerprint density at radius 2 is 2.05 bits per heavy atom. The first-order valence-electron chi connectivity index (χ1n) is 6.35. The fraction of sp³-hybridized carbons (Fsp3) is 0.385. The van der Waals surface area contributed by atoms with E-state index in [0.717, 1.165) is 0 Å². The van der Waals surface area contributed by atoms with Crippen LogP contribution in [0.1, 0.15) is 26.3 Å². The zero-order valence-corrected chi connectivity index (χ0v) is 13.0. The fourth-order valence-electron chi connectivity index (χ4n) is 2.03. The van der Waals surface area contributed by atoms with Crippen LogP contribution in [0.15, 0.2) is 18.2 Å². The molecule has 1 heterocycles. The Hall–Kier alpha value is -1.66. The van der Waals surface area contributed by atoms with E-state index < -0.39 is 5.97 Å². The van der Waals surface area contributed by atoms with Gasteiger partial charge in [-0.05, 0) is 34.5 Å². The van der Waals surface area contributed by atoms with Crippen molar-refractivity contribution in [2.75, 3.05) is 0 Å². The van der Waals surface area contributed by atoms with Crippen LogP contribution in [-0.4, -0.2) is 31.3 Å². The molecule has 0 spiro atoms. The first kappa shape index (κ1) is 15.7. The van der Waals surface area contributed by atoms with Gasteiger partial charge in [-0.2, -0.15) is 0 Å². The van der Waals surface area contributed by atoms with Crippen LogP contribution in [0.4, 0.5) is 0 Å². The summed E-state index contributed by atoms with van der Waals surface area (Å²) < 4.78 is 1.53. The Balaban J connectivity index is 2.45. The van der Waals surface area contributed by atoms with E-state index in [1.807, 2.05) is 13.8 Å². The van der Waals surface area contributed by atoms with E-state index in [0.29, 0.717) is 21.4 Å². The van der Waals surface area contributed by atoms with Crippen molar-refractivity contribution in [1.29, 1.82) is 0 Å². The predicted octanol–water partition coefficient (Wildman–Crippen LogP) is 3.32. The minimum atomic E-state index is -0.899. The number of hydrogen-bond donors (Lipinski definition) is 1. The molecule has 0 saturated heterocycles. The maximum absolute atomic E-state index is 11.0. The highest BCUT2D eigenvalue weighted by Crippen LogP contribution is 2.30. The van der Waals surface area contributed by atoms with E-state index in [-0.39, 0.29) is 18.4 Å². The highest BCUT2D eigenvalue weighted by molar-refractivity contribution is 6.42. The van der Waals surface area contributed by atoms with E-state index in [4.69, 9.17) is 28.3 Å². The topological polar surface area (TPSA) is 80.9 Å². The van der Waals surface area contributed by atoms with Crippen LogP contribution in [-0.2, 0) is 4.79 Å². The van der Waals surface area contributed by atoms with Gasteiger partial charge < -0.3 is 5.11 Å². The van der Waals surface area contributed by atoms with E-state index >= 15 is 0 Å². The Bertz CT molecular complexity index is 657. The number of tetrazole rings is 1. The molecule has 2 rings (SSSR count). The Kier molecular flexibility index (Phi) is 4.80. The molecule has 0 aliphatic heterocycles. The molecule has 112 valence electrons. The van der Waals surface area contributed by atoms with Gasteiger partial charge >= 0.3 is 5.97 Å². The molecule has 1 aromatic heterocycles. The van der Waals surface area contributed by atoms with Gasteiger partial charge in [-0.15, -0.1) is 5.10 Å². The lowest BCUT2D eigenvalue weighted by molar-refractivity contribution is -0.138. The number of rotatable bonds is 5. The van der Waals surface area contributed by atoms with Crippen molar-refractivity contribution in [3.63, 3.8) is 0 Å². The number of carboxylic acids is 1. The lowest BCUT2D eigenvalue weighted by Gasteiger charge is -2.20. The SMILES string of the molecule is CC(C)C(CC(=O)O)n1nnnc1-c1ccc(Cl)c(Cl)c1. The van der Waals surface area contributed by atoms with Gasteiger partial charge in [0.15, 0.2) is 5.82 Å². The summed E-state index contributed by atoms with van der Waals surface area (Å²) in [4.78, 5) is 11.0. The van der Waals surface area contributed by atoms with Crippen LogP contribution in [0.25, 0.3) is 11.4 Å². The summed E-state index contributed by atoms with van der Waals surface area (Å²) in [5.41, 5.74) is 0.686. The second-order valence-electron chi connectivity index (χ2n) is 4.99. The fourth-order valence-corrected chi connectivity index (χ4v) is 2.32. The second kappa shape index (κ2) is 6.41. The minimum absolute atomic E-state index is 0.0585. The number of benzene rings is 1. The number of aromatic nitrogens is 4. The molecule has 0 radical (unpaired) electrons. The quantitative estimate of drug-likeness (QED) is 0.910. The van der Waals surface area contributed by atoms with E-state index in [1.54, 1.807) is 18.2 Å². The van der Waals surface area contributed by atoms with Crippen LogP contribution < -0.4 is 0 Å². The summed E-state index contributed by atoms with van der Waals surface area (Å²) in [7, 11) is 0. The first-order chi connectivity index (χ1) is 9.90. The van der Waals surface area contributed by atoms with Crippen molar-refractivity contribution < 1.29 is 9.90 Å². The summed E-state index contributed by atoms with van der Waals surface area (Å²) in [6.07, 6.45) is -0.0585. The standard InChI is InChI=1S/C13H14Cl2N4O2/c1-7(2)11(6-12(20)21)19-13(16-17-18-19)8-3-4-9(14)10(15)5-8/h3-5,7,11H,6H2,1-2H3,(H,20,21). The number of carbonyl (C=O) groups is 1. The Morgan fingerprint density at radius 3 is 2.62 bits per heavy atom. The van der Waals surface area contributed by atoms with Crippen molar-refractivity contribution in [2.45, 2.75) is 26.3 Å². The third-order valence-corrected chi connectivity index (χ3v) is 3.88. The molecule has 1 atom stereocenters. The molecule has 8 heteroatoms. The number of halogens is 2. The third kappa shape index (κ3) is 3.51. The lowest BCUT2D eigenvalue weighted by Crippen LogP contribution is -2.21. The van der Waals surface area contributed by atoms with Gasteiger partial charge in [0.1, 0.15) is 0 Å². The molecule has 21 heavy (non-hydrogen) atoms. The molecule has 0 bridgehead atoms. The molecule has 0 fully saturated rings. The average molecular weight is 329 g/mol. The average Bonchev–Trinajstić information content (AvgIpc) is 2.87. The summed E-state index contributed by atoms with van der Waals surface area (Å²) in [6, 6.07) is 4.71. The molecule has 1 unspecified atom stereocenters. The van der Waals surface area contributed by atoms with E-state index in [2.05, 4.69) is 15.5 Å². The van der Waals surface area contributed by atoms with Gasteiger partial charge in [-0.1, -0.05) is 37.0 Å². The molecule has 2 aromatic rings. The summed E-state index contributed by atoms with van der Waals surface area (Å²) in [5.74, 6) is -0.371. The summed E-state index contributed by atoms with van der Waals surface area (Å²) in [5, 5.41) is 21.4. The number of nitrogens with zero attached hydrogens (tertiary/aromatic N) is 4. The molecule has 0 saturated carbocycles. The maximum atomic E-state index is 11.0. The number of hydrogen-bond acceptors (Lipinski definition) is 4. The second-order valence-corrected chi connectivity index (χ2v) is 5.80. The van der Waals surface area contributed by atoms with Gasteiger partial charge in [0.25, 0.3) is 0 Å². The number of carboxylic acid groups (broad SMARTS) is 1. The van der Waals surface area contributed by atoms with Crippen LogP contribution in [0, 0.1) is 5.92 Å². The largest absolute Gasteiger partial charge is 0.481 e. The van der Waals surface area contributed by atoms with E-state index in [1.165, 1.54) is 4.68 Å². The number of aliphatic carboxylic acids is 1. The summed E-state index contributed by atoms with van der Waals surface area (Å²) >= 11 is 11.9. The monoisotopic (exact) mass is 328 g/mol. The maximum Gasteiger partial charge on any atom is 0.305 e. The Labute approximate surface area is 131 Å². The molecule has 1 aromatic carbocycles. The summed E-state index contributed by atoms with van der Waals surface area (Å²) in [6.45, 7) is 3.85. The smallest absolute Gasteiger partial charge is 0.305 e. The van der Waals surface area contributed by atoms with E-state index in [9.17, 15) is 4.79 Å². The predicted molar refractivity (Wildman–Crippen MR) is 79.4 cm³/mol. The van der Waals surface area contributed by atoms with Crippen molar-refractivity contribution >= 4 is 29.2 Å². The molecule has 6 nitrogen and oxygen atoms in total. The highest BCUT2D eigenvalue weighted by atomic mass is 35.5. The van der Waals surface area contributed by atoms with Crippen molar-refractivity contribution in [1.82, 2.24) is 20.2 Å². The molecule has 0 aliphatic carbocycles. The highest BCUT2D eigenvalue weighted by Gasteiger charge is 2.24. The molecular weight excluding hydrogens is 315 g/mol. The molecule has 0 aliphatic rings. The first-order valence-corrected chi connectivity index (χ1v) is 7.10. The van der Waals surface area contributed by atoms with Crippen LogP contribution in [0.2, 0.25) is 10.0 Å². The van der Waals surface area contributed by atoms with Gasteiger partial charge in [-0.3, -0.25) is 4.79 Å². The molecule has 0 amide bonds. The molecule has 1 N–H and O–H groups in total. The van der Waals surface area contributed by atoms with Gasteiger partial charge in [0, 0.05) is 5.56 Å². The van der Waals surface area contributed by atoms with Crippen molar-refractivity contribution in [2.24, 2.45) is 5.92 Å². The van der Waals surface area contributed by atoms with Crippen molar-refractivity contribution in [3.8, 4) is 11.4 Å². The van der Waals surface area contributed by atoms with Crippen LogP contribution >= 0.6 is 23.2 Å². The molecular formula is C13H14Cl2N4O2. The van der Waals surface area contributed by atoms with Crippen LogP contribution in [0.5, 0.6) is 0 Å². The lowest BCUT2D eigenvalue weighted by atomic mass is 10.0. The minimum Gasteiger partial charge on any atom is -0.481 e. The Morgan fingerprint density at radius 1 is 1.33 bits per heavy atom. The zero-order chi connectivity index (χ0) is 15.6. The van der Waals surface area contributed by atoms with Gasteiger partial charge in [0.05, 0.1) is 22.5 Å². The van der Waals surface area contributed by atoms with Gasteiger partial charge in [-0.25, -0.2) is 4.68 Å². The zero-order valence-electron chi connectivity index (χ0n) is 11.5. The third-order valence-electron chi connectivity index (χ3n) is 3.14.